The largest absolute Gasteiger partial charge is 0.434 e. The van der Waals surface area contributed by atoms with Crippen molar-refractivity contribution < 1.29 is 9.21 Å². The lowest BCUT2D eigenvalue weighted by atomic mass is 10.1. The van der Waals surface area contributed by atoms with Crippen molar-refractivity contribution in [1.29, 1.82) is 0 Å². The minimum Gasteiger partial charge on any atom is -0.434 e. The third-order valence-electron chi connectivity index (χ3n) is 3.04. The number of carbonyl (C=O) groups is 1. The van der Waals surface area contributed by atoms with Gasteiger partial charge in [0.1, 0.15) is 0 Å². The molecule has 0 saturated heterocycles. The van der Waals surface area contributed by atoms with Crippen LogP contribution < -0.4 is 5.32 Å². The molecule has 0 radical (unpaired) electrons. The Morgan fingerprint density at radius 1 is 1.25 bits per heavy atom. The summed E-state index contributed by atoms with van der Waals surface area (Å²) in [5, 5.41) is 2.79. The number of fused-ring (bicyclic) bond motifs is 1. The van der Waals surface area contributed by atoms with Gasteiger partial charge in [-0.15, -0.1) is 0 Å². The number of anilines is 1. The van der Waals surface area contributed by atoms with E-state index in [1.807, 2.05) is 31.2 Å². The smallest absolute Gasteiger partial charge is 0.229 e. The van der Waals surface area contributed by atoms with E-state index in [1.165, 1.54) is 6.92 Å². The molecule has 1 N–H and O–H groups in total. The molecule has 0 atom stereocenters. The molecule has 0 fully saturated rings. The molecule has 5 nitrogen and oxygen atoms in total. The molecule has 2 heterocycles. The van der Waals surface area contributed by atoms with E-state index >= 15 is 0 Å². The van der Waals surface area contributed by atoms with E-state index in [0.29, 0.717) is 17.1 Å². The summed E-state index contributed by atoms with van der Waals surface area (Å²) in [5.41, 5.74) is 3.73. The van der Waals surface area contributed by atoms with Crippen LogP contribution in [0.2, 0.25) is 0 Å². The predicted octanol–water partition coefficient (Wildman–Crippen LogP) is 3.16. The van der Waals surface area contributed by atoms with E-state index in [1.54, 1.807) is 12.3 Å². The summed E-state index contributed by atoms with van der Waals surface area (Å²) in [6, 6.07) is 9.24. The van der Waals surface area contributed by atoms with Gasteiger partial charge in [-0.05, 0) is 36.8 Å². The first-order chi connectivity index (χ1) is 9.65. The molecule has 100 valence electrons. The second kappa shape index (κ2) is 4.77. The molecule has 3 aromatic rings. The Morgan fingerprint density at radius 2 is 2.10 bits per heavy atom. The molecule has 3 rings (SSSR count). The quantitative estimate of drug-likeness (QED) is 0.774. The van der Waals surface area contributed by atoms with Gasteiger partial charge < -0.3 is 9.73 Å². The van der Waals surface area contributed by atoms with Crippen LogP contribution in [0.15, 0.2) is 40.9 Å². The van der Waals surface area contributed by atoms with E-state index in [4.69, 9.17) is 4.42 Å². The summed E-state index contributed by atoms with van der Waals surface area (Å²) >= 11 is 0. The molecule has 1 amide bonds. The summed E-state index contributed by atoms with van der Waals surface area (Å²) < 4.78 is 5.71. The van der Waals surface area contributed by atoms with Gasteiger partial charge in [0.25, 0.3) is 0 Å². The number of aromatic nitrogens is 2. The average molecular weight is 267 g/mol. The molecule has 0 aliphatic heterocycles. The Labute approximate surface area is 115 Å². The zero-order valence-electron chi connectivity index (χ0n) is 11.2. The number of nitrogens with one attached hydrogen (secondary N) is 1. The number of benzene rings is 1. The number of oxazole rings is 1. The standard InChI is InChI=1S/C15H13N3O2/c1-9-11(5-3-6-12(9)17-10(2)19)15-18-14-13(20-15)7-4-8-16-14/h3-8H,1-2H3,(H,17,19). The molecule has 20 heavy (non-hydrogen) atoms. The predicted molar refractivity (Wildman–Crippen MR) is 76.3 cm³/mol. The van der Waals surface area contributed by atoms with E-state index in [-0.39, 0.29) is 5.91 Å². The third kappa shape index (κ3) is 2.14. The van der Waals surface area contributed by atoms with Crippen molar-refractivity contribution in [2.45, 2.75) is 13.8 Å². The molecule has 0 spiro atoms. The van der Waals surface area contributed by atoms with Crippen LogP contribution in [0, 0.1) is 6.92 Å². The third-order valence-corrected chi connectivity index (χ3v) is 3.04. The number of pyridine rings is 1. The number of nitrogens with zero attached hydrogens (tertiary/aromatic N) is 2. The Bertz CT molecular complexity index is 760. The second-order valence-corrected chi connectivity index (χ2v) is 4.50. The summed E-state index contributed by atoms with van der Waals surface area (Å²) in [4.78, 5) is 19.7. The number of hydrogen-bond acceptors (Lipinski definition) is 4. The highest BCUT2D eigenvalue weighted by Gasteiger charge is 2.13. The van der Waals surface area contributed by atoms with Gasteiger partial charge >= 0.3 is 0 Å². The average Bonchev–Trinajstić information content (AvgIpc) is 2.84. The number of hydrogen-bond donors (Lipinski definition) is 1. The molecule has 0 saturated carbocycles. The molecule has 2 aromatic heterocycles. The monoisotopic (exact) mass is 267 g/mol. The highest BCUT2D eigenvalue weighted by Crippen LogP contribution is 2.29. The van der Waals surface area contributed by atoms with Crippen LogP contribution in [0.4, 0.5) is 5.69 Å². The van der Waals surface area contributed by atoms with Crippen molar-refractivity contribution in [2.75, 3.05) is 5.32 Å². The van der Waals surface area contributed by atoms with Gasteiger partial charge in [0.2, 0.25) is 11.8 Å². The summed E-state index contributed by atoms with van der Waals surface area (Å²) in [6.45, 7) is 3.40. The van der Waals surface area contributed by atoms with Crippen LogP contribution in [0.5, 0.6) is 0 Å². The van der Waals surface area contributed by atoms with Crippen LogP contribution in [0.1, 0.15) is 12.5 Å². The maximum atomic E-state index is 11.2. The molecule has 0 bridgehead atoms. The highest BCUT2D eigenvalue weighted by atomic mass is 16.3. The van der Waals surface area contributed by atoms with Crippen molar-refractivity contribution in [3.8, 4) is 11.5 Å². The number of carbonyl (C=O) groups excluding carboxylic acids is 1. The fourth-order valence-corrected chi connectivity index (χ4v) is 2.08. The second-order valence-electron chi connectivity index (χ2n) is 4.50. The summed E-state index contributed by atoms with van der Waals surface area (Å²) in [5.74, 6) is 0.396. The Balaban J connectivity index is 2.11. The lowest BCUT2D eigenvalue weighted by Crippen LogP contribution is -2.07. The van der Waals surface area contributed by atoms with Crippen LogP contribution in [-0.2, 0) is 4.79 Å². The van der Waals surface area contributed by atoms with Crippen LogP contribution in [-0.4, -0.2) is 15.9 Å². The van der Waals surface area contributed by atoms with E-state index in [0.717, 1.165) is 16.8 Å². The van der Waals surface area contributed by atoms with Gasteiger partial charge in [-0.1, -0.05) is 6.07 Å². The van der Waals surface area contributed by atoms with Gasteiger partial charge in [-0.2, -0.15) is 4.98 Å². The zero-order chi connectivity index (χ0) is 14.1. The number of rotatable bonds is 2. The van der Waals surface area contributed by atoms with Crippen LogP contribution >= 0.6 is 0 Å². The van der Waals surface area contributed by atoms with Crippen molar-refractivity contribution in [3.63, 3.8) is 0 Å². The van der Waals surface area contributed by atoms with E-state index in [2.05, 4.69) is 15.3 Å². The van der Waals surface area contributed by atoms with Crippen molar-refractivity contribution >= 4 is 22.8 Å². The lowest BCUT2D eigenvalue weighted by Gasteiger charge is -2.08. The highest BCUT2D eigenvalue weighted by molar-refractivity contribution is 5.91. The first-order valence-corrected chi connectivity index (χ1v) is 6.24. The number of amides is 1. The van der Waals surface area contributed by atoms with E-state index in [9.17, 15) is 4.79 Å². The first kappa shape index (κ1) is 12.3. The van der Waals surface area contributed by atoms with Gasteiger partial charge in [-0.3, -0.25) is 4.79 Å². The Kier molecular flexibility index (Phi) is 2.95. The van der Waals surface area contributed by atoms with Gasteiger partial charge in [0, 0.05) is 24.4 Å². The minimum absolute atomic E-state index is 0.107. The normalized spacial score (nSPS) is 10.7. The zero-order valence-corrected chi connectivity index (χ0v) is 11.2. The summed E-state index contributed by atoms with van der Waals surface area (Å²) in [7, 11) is 0. The minimum atomic E-state index is -0.107. The van der Waals surface area contributed by atoms with Gasteiger partial charge in [0.05, 0.1) is 0 Å². The lowest BCUT2D eigenvalue weighted by molar-refractivity contribution is -0.114. The van der Waals surface area contributed by atoms with Crippen molar-refractivity contribution in [1.82, 2.24) is 9.97 Å². The fourth-order valence-electron chi connectivity index (χ4n) is 2.08. The molecule has 0 aliphatic rings. The van der Waals surface area contributed by atoms with Crippen LogP contribution in [0.3, 0.4) is 0 Å². The van der Waals surface area contributed by atoms with Crippen LogP contribution in [0.25, 0.3) is 22.7 Å². The Hall–Kier alpha value is -2.69. The molecular formula is C15H13N3O2. The molecule has 5 heteroatoms. The van der Waals surface area contributed by atoms with Gasteiger partial charge in [0.15, 0.2) is 11.2 Å². The Morgan fingerprint density at radius 3 is 2.85 bits per heavy atom. The molecule has 0 unspecified atom stereocenters. The SMILES string of the molecule is CC(=O)Nc1cccc(-c2nc3ncccc3o2)c1C. The van der Waals surface area contributed by atoms with Crippen molar-refractivity contribution in [3.05, 3.63) is 42.1 Å². The summed E-state index contributed by atoms with van der Waals surface area (Å²) in [6.07, 6.45) is 1.68. The topological polar surface area (TPSA) is 68.0 Å². The van der Waals surface area contributed by atoms with E-state index < -0.39 is 0 Å². The van der Waals surface area contributed by atoms with Crippen molar-refractivity contribution in [2.24, 2.45) is 0 Å². The molecule has 1 aromatic carbocycles. The fraction of sp³-hybridized carbons (Fsp3) is 0.133. The molecular weight excluding hydrogens is 254 g/mol. The maximum absolute atomic E-state index is 11.2. The maximum Gasteiger partial charge on any atom is 0.229 e. The van der Waals surface area contributed by atoms with Gasteiger partial charge in [-0.25, -0.2) is 4.98 Å². The first-order valence-electron chi connectivity index (χ1n) is 6.24. The molecule has 0 aliphatic carbocycles.